The molecule has 0 fully saturated rings. The van der Waals surface area contributed by atoms with E-state index in [0.29, 0.717) is 12.0 Å². The smallest absolute Gasteiger partial charge is 0.246 e. The Kier molecular flexibility index (Phi) is 17.9. The summed E-state index contributed by atoms with van der Waals surface area (Å²) >= 11 is 0. The number of nitrogens with one attached hydrogen (secondary N) is 1. The first-order valence-electron chi connectivity index (χ1n) is 11.3. The normalized spacial score (nSPS) is 14.2. The van der Waals surface area contributed by atoms with Crippen molar-refractivity contribution in [3.8, 4) is 0 Å². The van der Waals surface area contributed by atoms with Gasteiger partial charge >= 0.3 is 0 Å². The minimum absolute atomic E-state index is 0.221. The van der Waals surface area contributed by atoms with Crippen molar-refractivity contribution in [1.82, 2.24) is 5.32 Å². The number of carbonyl (C=O) groups is 1. The van der Waals surface area contributed by atoms with Crippen molar-refractivity contribution >= 4 is 5.91 Å². The van der Waals surface area contributed by atoms with Crippen LogP contribution in [0.1, 0.15) is 111 Å². The molecule has 2 atom stereocenters. The van der Waals surface area contributed by atoms with E-state index in [0.717, 1.165) is 12.8 Å². The zero-order chi connectivity index (χ0) is 20.3. The molecule has 3 N–H and O–H groups in total. The van der Waals surface area contributed by atoms with Crippen LogP contribution >= 0.6 is 0 Å². The maximum absolute atomic E-state index is 11.8. The van der Waals surface area contributed by atoms with Gasteiger partial charge in [-0.15, -0.1) is 0 Å². The Morgan fingerprint density at radius 2 is 1.33 bits per heavy atom. The maximum atomic E-state index is 11.8. The van der Waals surface area contributed by atoms with E-state index in [1.807, 2.05) is 0 Å². The number of unbranched alkanes of at least 4 members (excludes halogenated alkanes) is 12. The average molecular weight is 384 g/mol. The summed E-state index contributed by atoms with van der Waals surface area (Å²) in [4.78, 5) is 11.8. The lowest BCUT2D eigenvalue weighted by Gasteiger charge is -2.22. The molecule has 0 aromatic rings. The van der Waals surface area contributed by atoms with Crippen LogP contribution in [0.4, 0.5) is 0 Å². The first-order chi connectivity index (χ1) is 13.1. The molecule has 0 unspecified atom stereocenters. The van der Waals surface area contributed by atoms with Crippen molar-refractivity contribution in [2.45, 2.75) is 123 Å². The minimum Gasteiger partial charge on any atom is -0.394 e. The molecule has 4 heteroatoms. The standard InChI is InChI=1S/C23H45NO3/c1-4-6-7-8-9-10-11-12-13-14-15-16-17-18-22(26)21(19-25)24-23(27)20(3)5-2/h5,21-22,25-26H,4,6-19H2,1-3H3,(H,24,27)/b20-5+/t21-,22+/m0/s1. The number of allylic oxidation sites excluding steroid dienone is 1. The van der Waals surface area contributed by atoms with Crippen LogP contribution in [0.2, 0.25) is 0 Å². The van der Waals surface area contributed by atoms with Crippen LogP contribution in [-0.4, -0.2) is 34.9 Å². The highest BCUT2D eigenvalue weighted by molar-refractivity contribution is 5.92. The highest BCUT2D eigenvalue weighted by atomic mass is 16.3. The van der Waals surface area contributed by atoms with E-state index >= 15 is 0 Å². The molecule has 0 aliphatic heterocycles. The fourth-order valence-electron chi connectivity index (χ4n) is 3.25. The molecule has 0 saturated heterocycles. The topological polar surface area (TPSA) is 69.6 Å². The minimum atomic E-state index is -0.684. The van der Waals surface area contributed by atoms with Crippen LogP contribution in [0.15, 0.2) is 11.6 Å². The summed E-state index contributed by atoms with van der Waals surface area (Å²) < 4.78 is 0. The predicted molar refractivity (Wildman–Crippen MR) is 115 cm³/mol. The Morgan fingerprint density at radius 3 is 1.74 bits per heavy atom. The Labute approximate surface area is 167 Å². The number of carbonyl (C=O) groups excluding carboxylic acids is 1. The molecule has 27 heavy (non-hydrogen) atoms. The molecule has 0 aliphatic carbocycles. The Morgan fingerprint density at radius 1 is 0.889 bits per heavy atom. The van der Waals surface area contributed by atoms with Gasteiger partial charge < -0.3 is 15.5 Å². The van der Waals surface area contributed by atoms with E-state index < -0.39 is 12.1 Å². The highest BCUT2D eigenvalue weighted by Gasteiger charge is 2.20. The van der Waals surface area contributed by atoms with Gasteiger partial charge in [-0.25, -0.2) is 0 Å². The second kappa shape index (κ2) is 18.5. The molecule has 0 heterocycles. The van der Waals surface area contributed by atoms with Crippen LogP contribution in [-0.2, 0) is 4.79 Å². The van der Waals surface area contributed by atoms with Gasteiger partial charge in [0, 0.05) is 5.57 Å². The summed E-state index contributed by atoms with van der Waals surface area (Å²) in [6.45, 7) is 5.55. The van der Waals surface area contributed by atoms with Crippen LogP contribution in [0, 0.1) is 0 Å². The molecular weight excluding hydrogens is 338 g/mol. The van der Waals surface area contributed by atoms with Gasteiger partial charge in [-0.1, -0.05) is 96.5 Å². The molecule has 0 radical (unpaired) electrons. The molecule has 160 valence electrons. The predicted octanol–water partition coefficient (Wildman–Crippen LogP) is 5.27. The van der Waals surface area contributed by atoms with Crippen molar-refractivity contribution in [3.63, 3.8) is 0 Å². The summed E-state index contributed by atoms with van der Waals surface area (Å²) in [5.74, 6) is -0.221. The van der Waals surface area contributed by atoms with Gasteiger partial charge in [0.25, 0.3) is 0 Å². The first kappa shape index (κ1) is 26.1. The van der Waals surface area contributed by atoms with Gasteiger partial charge in [0.2, 0.25) is 5.91 Å². The zero-order valence-corrected chi connectivity index (χ0v) is 18.1. The molecule has 4 nitrogen and oxygen atoms in total. The Bertz CT molecular complexity index is 382. The van der Waals surface area contributed by atoms with Gasteiger partial charge in [0.05, 0.1) is 18.8 Å². The first-order valence-corrected chi connectivity index (χ1v) is 11.3. The van der Waals surface area contributed by atoms with Crippen molar-refractivity contribution in [2.75, 3.05) is 6.61 Å². The van der Waals surface area contributed by atoms with Crippen LogP contribution < -0.4 is 5.32 Å². The van der Waals surface area contributed by atoms with E-state index in [4.69, 9.17) is 0 Å². The van der Waals surface area contributed by atoms with Gasteiger partial charge in [-0.05, 0) is 20.3 Å². The largest absolute Gasteiger partial charge is 0.394 e. The van der Waals surface area contributed by atoms with Crippen molar-refractivity contribution in [1.29, 1.82) is 0 Å². The fraction of sp³-hybridized carbons (Fsp3) is 0.870. The number of hydrogen-bond acceptors (Lipinski definition) is 3. The van der Waals surface area contributed by atoms with E-state index in [1.54, 1.807) is 19.9 Å². The Balaban J connectivity index is 3.58. The molecule has 0 aromatic heterocycles. The number of aliphatic hydroxyl groups excluding tert-OH is 2. The molecule has 0 rings (SSSR count). The lowest BCUT2D eigenvalue weighted by Crippen LogP contribution is -2.46. The Hall–Kier alpha value is -0.870. The van der Waals surface area contributed by atoms with E-state index in [2.05, 4.69) is 12.2 Å². The fourth-order valence-corrected chi connectivity index (χ4v) is 3.25. The van der Waals surface area contributed by atoms with E-state index in [1.165, 1.54) is 70.6 Å². The van der Waals surface area contributed by atoms with Gasteiger partial charge in [-0.2, -0.15) is 0 Å². The molecule has 0 bridgehead atoms. The summed E-state index contributed by atoms with van der Waals surface area (Å²) in [5, 5.41) is 22.3. The molecule has 1 amide bonds. The number of rotatable bonds is 18. The van der Waals surface area contributed by atoms with E-state index in [9.17, 15) is 15.0 Å². The van der Waals surface area contributed by atoms with Crippen LogP contribution in [0.5, 0.6) is 0 Å². The quantitative estimate of drug-likeness (QED) is 0.223. The summed E-state index contributed by atoms with van der Waals surface area (Å²) in [6.07, 6.45) is 18.5. The number of hydrogen-bond donors (Lipinski definition) is 3. The monoisotopic (exact) mass is 383 g/mol. The average Bonchev–Trinajstić information content (AvgIpc) is 2.68. The molecule has 0 saturated carbocycles. The third-order valence-electron chi connectivity index (χ3n) is 5.37. The van der Waals surface area contributed by atoms with Crippen molar-refractivity contribution in [3.05, 3.63) is 11.6 Å². The van der Waals surface area contributed by atoms with Gasteiger partial charge in [0.1, 0.15) is 0 Å². The SMILES string of the molecule is C/C=C(\C)C(=O)N[C@@H](CO)[C@H](O)CCCCCCCCCCCCCCC. The number of aliphatic hydroxyl groups is 2. The highest BCUT2D eigenvalue weighted by Crippen LogP contribution is 2.14. The van der Waals surface area contributed by atoms with Crippen molar-refractivity contribution < 1.29 is 15.0 Å². The molecule has 0 spiro atoms. The second-order valence-corrected chi connectivity index (χ2v) is 7.83. The summed E-state index contributed by atoms with van der Waals surface area (Å²) in [6, 6.07) is -0.579. The summed E-state index contributed by atoms with van der Waals surface area (Å²) in [5.41, 5.74) is 0.599. The van der Waals surface area contributed by atoms with E-state index in [-0.39, 0.29) is 12.5 Å². The lowest BCUT2D eigenvalue weighted by atomic mass is 10.0. The second-order valence-electron chi connectivity index (χ2n) is 7.83. The van der Waals surface area contributed by atoms with Crippen molar-refractivity contribution in [2.24, 2.45) is 0 Å². The third-order valence-corrected chi connectivity index (χ3v) is 5.37. The lowest BCUT2D eigenvalue weighted by molar-refractivity contribution is -0.119. The molecular formula is C23H45NO3. The number of amides is 1. The third kappa shape index (κ3) is 14.8. The van der Waals surface area contributed by atoms with Crippen LogP contribution in [0.25, 0.3) is 0 Å². The molecule has 0 aromatic carbocycles. The maximum Gasteiger partial charge on any atom is 0.246 e. The van der Waals surface area contributed by atoms with Gasteiger partial charge in [-0.3, -0.25) is 4.79 Å². The molecule has 0 aliphatic rings. The van der Waals surface area contributed by atoms with Crippen LogP contribution in [0.3, 0.4) is 0 Å². The zero-order valence-electron chi connectivity index (χ0n) is 18.1. The van der Waals surface area contributed by atoms with Gasteiger partial charge in [0.15, 0.2) is 0 Å². The summed E-state index contributed by atoms with van der Waals surface area (Å²) in [7, 11) is 0.